The van der Waals surface area contributed by atoms with Gasteiger partial charge in [0.05, 0.1) is 19.4 Å². The van der Waals surface area contributed by atoms with Crippen molar-refractivity contribution in [1.29, 1.82) is 0 Å². The molecule has 0 bridgehead atoms. The zero-order valence-electron chi connectivity index (χ0n) is 11.9. The van der Waals surface area contributed by atoms with Gasteiger partial charge in [-0.25, -0.2) is 0 Å². The Bertz CT molecular complexity index is 249. The number of hydrogen-bond donors (Lipinski definition) is 1. The molecule has 1 N–H and O–H groups in total. The van der Waals surface area contributed by atoms with Crippen molar-refractivity contribution in [3.63, 3.8) is 0 Å². The summed E-state index contributed by atoms with van der Waals surface area (Å²) in [7, 11) is 0. The molecule has 0 aromatic heterocycles. The summed E-state index contributed by atoms with van der Waals surface area (Å²) in [5.74, 6) is 0.152. The number of carbonyl (C=O) groups is 2. The monoisotopic (exact) mass is 258 g/mol. The van der Waals surface area contributed by atoms with E-state index in [4.69, 9.17) is 9.84 Å². The third kappa shape index (κ3) is 10.1. The number of carbonyl (C=O) groups excluding carboxylic acids is 1. The van der Waals surface area contributed by atoms with E-state index >= 15 is 0 Å². The SMILES string of the molecule is CC(C)CC(COC(=O)CCC(=O)O)CC(C)C. The lowest BCUT2D eigenvalue weighted by Crippen LogP contribution is -2.18. The van der Waals surface area contributed by atoms with Crippen molar-refractivity contribution in [3.8, 4) is 0 Å². The van der Waals surface area contributed by atoms with E-state index in [0.717, 1.165) is 12.8 Å². The van der Waals surface area contributed by atoms with Crippen LogP contribution in [0.3, 0.4) is 0 Å². The first-order valence-corrected chi connectivity index (χ1v) is 6.68. The number of esters is 1. The zero-order valence-corrected chi connectivity index (χ0v) is 11.9. The molecule has 0 radical (unpaired) electrons. The summed E-state index contributed by atoms with van der Waals surface area (Å²) in [6.07, 6.45) is 1.87. The highest BCUT2D eigenvalue weighted by Gasteiger charge is 2.15. The van der Waals surface area contributed by atoms with Gasteiger partial charge in [-0.3, -0.25) is 9.59 Å². The van der Waals surface area contributed by atoms with Gasteiger partial charge in [-0.2, -0.15) is 0 Å². The molecule has 0 aromatic rings. The predicted octanol–water partition coefficient (Wildman–Crippen LogP) is 3.10. The molecule has 0 aliphatic rings. The molecular weight excluding hydrogens is 232 g/mol. The Balaban J connectivity index is 4.00. The number of aliphatic carboxylic acids is 1. The van der Waals surface area contributed by atoms with E-state index in [2.05, 4.69) is 27.7 Å². The van der Waals surface area contributed by atoms with E-state index in [1.165, 1.54) is 0 Å². The lowest BCUT2D eigenvalue weighted by molar-refractivity contribution is -0.149. The van der Waals surface area contributed by atoms with Crippen LogP contribution in [0.1, 0.15) is 53.4 Å². The molecule has 4 nitrogen and oxygen atoms in total. The van der Waals surface area contributed by atoms with Crippen LogP contribution >= 0.6 is 0 Å². The maximum atomic E-state index is 11.3. The molecule has 0 fully saturated rings. The summed E-state index contributed by atoms with van der Waals surface area (Å²) in [6, 6.07) is 0. The van der Waals surface area contributed by atoms with Gasteiger partial charge >= 0.3 is 11.9 Å². The number of carboxylic acid groups (broad SMARTS) is 1. The van der Waals surface area contributed by atoms with Gasteiger partial charge in [0.25, 0.3) is 0 Å². The van der Waals surface area contributed by atoms with Crippen LogP contribution in [-0.4, -0.2) is 23.7 Å². The fourth-order valence-electron chi connectivity index (χ4n) is 2.06. The highest BCUT2D eigenvalue weighted by molar-refractivity contribution is 5.76. The molecule has 0 aliphatic heterocycles. The molecule has 0 aliphatic carbocycles. The second-order valence-corrected chi connectivity index (χ2v) is 5.70. The largest absolute Gasteiger partial charge is 0.481 e. The number of ether oxygens (including phenoxy) is 1. The van der Waals surface area contributed by atoms with E-state index in [-0.39, 0.29) is 12.8 Å². The minimum atomic E-state index is -0.965. The van der Waals surface area contributed by atoms with Gasteiger partial charge in [-0.05, 0) is 30.6 Å². The number of rotatable bonds is 9. The summed E-state index contributed by atoms with van der Waals surface area (Å²) >= 11 is 0. The lowest BCUT2D eigenvalue weighted by Gasteiger charge is -2.20. The Morgan fingerprint density at radius 3 is 1.89 bits per heavy atom. The summed E-state index contributed by atoms with van der Waals surface area (Å²) in [4.78, 5) is 21.7. The van der Waals surface area contributed by atoms with Gasteiger partial charge in [0.15, 0.2) is 0 Å². The van der Waals surface area contributed by atoms with E-state index in [1.807, 2.05) is 0 Å². The van der Waals surface area contributed by atoms with Gasteiger partial charge in [-0.15, -0.1) is 0 Å². The van der Waals surface area contributed by atoms with Crippen molar-refractivity contribution in [3.05, 3.63) is 0 Å². The van der Waals surface area contributed by atoms with Crippen molar-refractivity contribution in [1.82, 2.24) is 0 Å². The van der Waals surface area contributed by atoms with Crippen LogP contribution in [0.4, 0.5) is 0 Å². The Hall–Kier alpha value is -1.06. The first kappa shape index (κ1) is 16.9. The molecule has 0 heterocycles. The average molecular weight is 258 g/mol. The third-order valence-electron chi connectivity index (χ3n) is 2.63. The molecule has 18 heavy (non-hydrogen) atoms. The maximum absolute atomic E-state index is 11.3. The molecule has 0 saturated heterocycles. The normalized spacial score (nSPS) is 11.3. The van der Waals surface area contributed by atoms with Crippen LogP contribution in [0.25, 0.3) is 0 Å². The van der Waals surface area contributed by atoms with Crippen molar-refractivity contribution in [2.24, 2.45) is 17.8 Å². The lowest BCUT2D eigenvalue weighted by atomic mass is 9.90. The number of carboxylic acids is 1. The van der Waals surface area contributed by atoms with E-state index in [0.29, 0.717) is 24.4 Å². The molecule has 0 rings (SSSR count). The van der Waals surface area contributed by atoms with Crippen molar-refractivity contribution < 1.29 is 19.4 Å². The average Bonchev–Trinajstić information content (AvgIpc) is 2.21. The number of hydrogen-bond acceptors (Lipinski definition) is 3. The summed E-state index contributed by atoms with van der Waals surface area (Å²) < 4.78 is 5.15. The molecule has 4 heteroatoms. The summed E-state index contributed by atoms with van der Waals surface area (Å²) in [6.45, 7) is 9.02. The molecule has 0 aromatic carbocycles. The topological polar surface area (TPSA) is 63.6 Å². The van der Waals surface area contributed by atoms with Crippen molar-refractivity contribution >= 4 is 11.9 Å². The molecule has 0 saturated carbocycles. The second-order valence-electron chi connectivity index (χ2n) is 5.70. The van der Waals surface area contributed by atoms with E-state index < -0.39 is 11.9 Å². The van der Waals surface area contributed by atoms with Crippen LogP contribution in [-0.2, 0) is 14.3 Å². The van der Waals surface area contributed by atoms with Gasteiger partial charge in [0.1, 0.15) is 0 Å². The highest BCUT2D eigenvalue weighted by Crippen LogP contribution is 2.20. The fraction of sp³-hybridized carbons (Fsp3) is 0.857. The van der Waals surface area contributed by atoms with Crippen LogP contribution < -0.4 is 0 Å². The van der Waals surface area contributed by atoms with Gasteiger partial charge in [0.2, 0.25) is 0 Å². The van der Waals surface area contributed by atoms with Crippen LogP contribution in [0.5, 0.6) is 0 Å². The van der Waals surface area contributed by atoms with Crippen LogP contribution in [0.15, 0.2) is 0 Å². The smallest absolute Gasteiger partial charge is 0.306 e. The quantitative estimate of drug-likeness (QED) is 0.645. The van der Waals surface area contributed by atoms with Crippen LogP contribution in [0.2, 0.25) is 0 Å². The molecule has 0 spiro atoms. The van der Waals surface area contributed by atoms with E-state index in [1.54, 1.807) is 0 Å². The standard InChI is InChI=1S/C14H26O4/c1-10(2)7-12(8-11(3)4)9-18-14(17)6-5-13(15)16/h10-12H,5-9H2,1-4H3,(H,15,16). The Morgan fingerprint density at radius 2 is 1.50 bits per heavy atom. The highest BCUT2D eigenvalue weighted by atomic mass is 16.5. The maximum Gasteiger partial charge on any atom is 0.306 e. The minimum absolute atomic E-state index is 0.0363. The molecule has 0 unspecified atom stereocenters. The molecule has 106 valence electrons. The fourth-order valence-corrected chi connectivity index (χ4v) is 2.06. The zero-order chi connectivity index (χ0) is 14.1. The third-order valence-corrected chi connectivity index (χ3v) is 2.63. The Labute approximate surface area is 110 Å². The summed E-state index contributed by atoms with van der Waals surface area (Å²) in [5, 5.41) is 8.47. The van der Waals surface area contributed by atoms with Crippen LogP contribution in [0, 0.1) is 17.8 Å². The summed E-state index contributed by atoms with van der Waals surface area (Å²) in [5.41, 5.74) is 0. The van der Waals surface area contributed by atoms with Gasteiger partial charge in [-0.1, -0.05) is 27.7 Å². The minimum Gasteiger partial charge on any atom is -0.481 e. The van der Waals surface area contributed by atoms with Crippen molar-refractivity contribution in [2.75, 3.05) is 6.61 Å². The first-order valence-electron chi connectivity index (χ1n) is 6.68. The Morgan fingerprint density at radius 1 is 1.00 bits per heavy atom. The van der Waals surface area contributed by atoms with E-state index in [9.17, 15) is 9.59 Å². The molecule has 0 atom stereocenters. The van der Waals surface area contributed by atoms with Gasteiger partial charge in [0, 0.05) is 0 Å². The molecular formula is C14H26O4. The Kier molecular flexibility index (Phi) is 8.42. The van der Waals surface area contributed by atoms with Gasteiger partial charge < -0.3 is 9.84 Å². The molecule has 0 amide bonds. The predicted molar refractivity (Wildman–Crippen MR) is 70.2 cm³/mol. The second kappa shape index (κ2) is 8.95. The van der Waals surface area contributed by atoms with Crippen molar-refractivity contribution in [2.45, 2.75) is 53.4 Å². The first-order chi connectivity index (χ1) is 8.31.